The first-order valence-corrected chi connectivity index (χ1v) is 12.1. The summed E-state index contributed by atoms with van der Waals surface area (Å²) in [6.07, 6.45) is 0. The van der Waals surface area contributed by atoms with Crippen LogP contribution in [0.15, 0.2) is 12.1 Å². The van der Waals surface area contributed by atoms with Crippen molar-refractivity contribution in [2.75, 3.05) is 13.3 Å². The van der Waals surface area contributed by atoms with Crippen molar-refractivity contribution < 1.29 is 14.2 Å². The normalized spacial score (nSPS) is 14.3. The topological polar surface area (TPSA) is 59.4 Å². The smallest absolute Gasteiger partial charge is 0.247 e. The lowest BCUT2D eigenvalue weighted by Gasteiger charge is -2.13. The van der Waals surface area contributed by atoms with Crippen LogP contribution in [0.3, 0.4) is 0 Å². The van der Waals surface area contributed by atoms with Crippen molar-refractivity contribution in [2.24, 2.45) is 0 Å². The summed E-state index contributed by atoms with van der Waals surface area (Å²) >= 11 is 0. The number of pyridine rings is 1. The largest absolute Gasteiger partial charge is 0.390 e. The van der Waals surface area contributed by atoms with E-state index < -0.39 is 15.4 Å². The van der Waals surface area contributed by atoms with Gasteiger partial charge in [-0.25, -0.2) is 4.98 Å². The Morgan fingerprint density at radius 1 is 1.40 bits per heavy atom. The van der Waals surface area contributed by atoms with Crippen LogP contribution in [0.4, 0.5) is 0 Å². The maximum atomic E-state index is 12.4. The summed E-state index contributed by atoms with van der Waals surface area (Å²) in [6, 6.07) is 3.42. The second kappa shape index (κ2) is 6.69. The van der Waals surface area contributed by atoms with Gasteiger partial charge in [-0.1, -0.05) is 25.6 Å². The summed E-state index contributed by atoms with van der Waals surface area (Å²) in [6.45, 7) is 9.93. The summed E-state index contributed by atoms with van der Waals surface area (Å²) in [4.78, 5) is 4.19. The highest BCUT2D eigenvalue weighted by molar-refractivity contribution is 7.65. The zero-order valence-corrected chi connectivity index (χ0v) is 14.6. The van der Waals surface area contributed by atoms with Crippen molar-refractivity contribution in [1.82, 2.24) is 4.98 Å². The number of aliphatic hydroxyl groups is 1. The molecule has 1 N–H and O–H groups in total. The van der Waals surface area contributed by atoms with Gasteiger partial charge in [-0.15, -0.1) is 5.54 Å². The van der Waals surface area contributed by atoms with E-state index >= 15 is 0 Å². The van der Waals surface area contributed by atoms with E-state index in [9.17, 15) is 9.67 Å². The third-order valence-corrected chi connectivity index (χ3v) is 5.09. The molecule has 0 bridgehead atoms. The molecule has 0 saturated heterocycles. The second-order valence-corrected chi connectivity index (χ2v) is 12.8. The van der Waals surface area contributed by atoms with Crippen molar-refractivity contribution in [2.45, 2.75) is 33.2 Å². The van der Waals surface area contributed by atoms with Crippen LogP contribution in [-0.2, 0) is 15.7 Å². The molecule has 0 spiro atoms. The predicted octanol–water partition coefficient (Wildman–Crippen LogP) is 2.37. The Kier molecular flexibility index (Phi) is 5.73. The average molecular weight is 311 g/mol. The number of hydrogen-bond donors (Lipinski definition) is 1. The lowest BCUT2D eigenvalue weighted by atomic mass is 10.2. The van der Waals surface area contributed by atoms with Gasteiger partial charge >= 0.3 is 0 Å². The van der Waals surface area contributed by atoms with Gasteiger partial charge < -0.3 is 9.63 Å². The van der Waals surface area contributed by atoms with Crippen LogP contribution in [-0.4, -0.2) is 31.4 Å². The van der Waals surface area contributed by atoms with Crippen molar-refractivity contribution in [1.29, 1.82) is 0 Å². The number of nitrogens with zero attached hydrogens (tertiary/aromatic N) is 1. The molecule has 0 radical (unpaired) electrons. The molecule has 110 valence electrons. The fourth-order valence-corrected chi connectivity index (χ4v) is 3.33. The molecule has 0 aliphatic carbocycles. The predicted molar refractivity (Wildman–Crippen MR) is 85.2 cm³/mol. The summed E-state index contributed by atoms with van der Waals surface area (Å²) in [5.41, 5.74) is 4.80. The summed E-state index contributed by atoms with van der Waals surface area (Å²) in [5.74, 6) is 3.10. The minimum absolute atomic E-state index is 0.207. The van der Waals surface area contributed by atoms with E-state index in [0.717, 1.165) is 5.56 Å². The minimum Gasteiger partial charge on any atom is -0.390 e. The highest BCUT2D eigenvalue weighted by atomic mass is 31.2. The molecule has 4 nitrogen and oxygen atoms in total. The molecule has 0 amide bonds. The molecule has 0 fully saturated rings. The first kappa shape index (κ1) is 17.1. The third-order valence-electron chi connectivity index (χ3n) is 2.40. The molecule has 1 atom stereocenters. The van der Waals surface area contributed by atoms with Gasteiger partial charge in [0.2, 0.25) is 7.37 Å². The zero-order chi connectivity index (χ0) is 15.4. The fraction of sp³-hybridized carbons (Fsp3) is 0.500. The molecular formula is C14H22NO3PSi. The summed E-state index contributed by atoms with van der Waals surface area (Å²) in [5, 5.41) is 9.28. The Hall–Kier alpha value is -0.923. The van der Waals surface area contributed by atoms with Gasteiger partial charge in [0, 0.05) is 12.2 Å². The van der Waals surface area contributed by atoms with Crippen molar-refractivity contribution in [3.8, 4) is 11.5 Å². The molecule has 1 unspecified atom stereocenters. The van der Waals surface area contributed by atoms with Crippen LogP contribution in [0.25, 0.3) is 0 Å². The summed E-state index contributed by atoms with van der Waals surface area (Å²) in [7, 11) is -4.45. The minimum atomic E-state index is -2.95. The van der Waals surface area contributed by atoms with Gasteiger partial charge in [-0.2, -0.15) is 0 Å². The van der Waals surface area contributed by atoms with Crippen molar-refractivity contribution >= 4 is 20.9 Å². The van der Waals surface area contributed by atoms with Crippen molar-refractivity contribution in [3.05, 3.63) is 23.4 Å². The van der Waals surface area contributed by atoms with E-state index in [0.29, 0.717) is 17.7 Å². The summed E-state index contributed by atoms with van der Waals surface area (Å²) < 4.78 is 17.7. The molecule has 1 heterocycles. The van der Waals surface area contributed by atoms with E-state index in [2.05, 4.69) is 36.1 Å². The number of aromatic nitrogens is 1. The van der Waals surface area contributed by atoms with E-state index in [-0.39, 0.29) is 6.61 Å². The first-order valence-electron chi connectivity index (χ1n) is 6.55. The Labute approximate surface area is 122 Å². The van der Waals surface area contributed by atoms with Crippen LogP contribution in [0.1, 0.15) is 18.2 Å². The molecular weight excluding hydrogens is 289 g/mol. The molecule has 0 aliphatic heterocycles. The molecule has 6 heteroatoms. The van der Waals surface area contributed by atoms with Gasteiger partial charge in [-0.3, -0.25) is 4.57 Å². The fourth-order valence-electron chi connectivity index (χ4n) is 1.51. The number of rotatable bonds is 4. The number of hydrogen-bond acceptors (Lipinski definition) is 4. The van der Waals surface area contributed by atoms with Crippen molar-refractivity contribution in [3.63, 3.8) is 0 Å². The Bertz CT molecular complexity index is 584. The van der Waals surface area contributed by atoms with E-state index in [1.807, 2.05) is 0 Å². The Morgan fingerprint density at radius 2 is 2.05 bits per heavy atom. The maximum Gasteiger partial charge on any atom is 0.247 e. The highest BCUT2D eigenvalue weighted by Crippen LogP contribution is 2.40. The molecule has 1 rings (SSSR count). The highest BCUT2D eigenvalue weighted by Gasteiger charge is 2.21. The standard InChI is InChI=1S/C14H22NO3PSi/c1-6-18-19(2,17)14-10-12(7-8-20(3,4)5)9-13(11-16)15-14/h9-10,16H,6,11H2,1-5H3. The van der Waals surface area contributed by atoms with Gasteiger partial charge in [0.05, 0.1) is 18.9 Å². The van der Waals surface area contributed by atoms with Crippen LogP contribution >= 0.6 is 7.37 Å². The molecule has 0 aliphatic rings. The van der Waals surface area contributed by atoms with Gasteiger partial charge in [0.15, 0.2) is 0 Å². The molecule has 0 aromatic carbocycles. The van der Waals surface area contributed by atoms with Gasteiger partial charge in [-0.05, 0) is 19.1 Å². The molecule has 20 heavy (non-hydrogen) atoms. The van der Waals surface area contributed by atoms with Gasteiger partial charge in [0.25, 0.3) is 0 Å². The van der Waals surface area contributed by atoms with Crippen LogP contribution < -0.4 is 5.44 Å². The monoisotopic (exact) mass is 311 g/mol. The Balaban J connectivity index is 3.28. The van der Waals surface area contributed by atoms with E-state index in [4.69, 9.17) is 4.52 Å². The van der Waals surface area contributed by atoms with Crippen LogP contribution in [0, 0.1) is 11.5 Å². The number of aliphatic hydroxyl groups excluding tert-OH is 1. The Morgan fingerprint density at radius 3 is 2.55 bits per heavy atom. The average Bonchev–Trinajstić information content (AvgIpc) is 2.35. The molecule has 1 aromatic rings. The lowest BCUT2D eigenvalue weighted by Crippen LogP contribution is -2.17. The SMILES string of the molecule is CCOP(C)(=O)c1cc(C#C[Si](C)(C)C)cc(CO)n1. The van der Waals surface area contributed by atoms with E-state index in [1.165, 1.54) is 6.66 Å². The third kappa shape index (κ3) is 5.22. The zero-order valence-electron chi connectivity index (χ0n) is 12.7. The van der Waals surface area contributed by atoms with Crippen LogP contribution in [0.5, 0.6) is 0 Å². The van der Waals surface area contributed by atoms with E-state index in [1.54, 1.807) is 19.1 Å². The molecule has 0 saturated carbocycles. The lowest BCUT2D eigenvalue weighted by molar-refractivity contribution is 0.277. The van der Waals surface area contributed by atoms with Crippen LogP contribution in [0.2, 0.25) is 19.6 Å². The van der Waals surface area contributed by atoms with Gasteiger partial charge in [0.1, 0.15) is 13.5 Å². The maximum absolute atomic E-state index is 12.4. The second-order valence-electron chi connectivity index (χ2n) is 5.63. The first-order chi connectivity index (χ1) is 9.18. The quantitative estimate of drug-likeness (QED) is 0.527. The molecule has 1 aromatic heterocycles.